The highest BCUT2D eigenvalue weighted by Crippen LogP contribution is 2.45. The number of ether oxygens (including phenoxy) is 4. The number of phosphoric ester groups is 2. The highest BCUT2D eigenvalue weighted by atomic mass is 31.2. The highest BCUT2D eigenvalue weighted by molar-refractivity contribution is 7.47. The fourth-order valence-corrected chi connectivity index (χ4v) is 12.2. The van der Waals surface area contributed by atoms with Crippen molar-refractivity contribution in [1.82, 2.24) is 0 Å². The van der Waals surface area contributed by atoms with Gasteiger partial charge in [0.2, 0.25) is 0 Å². The van der Waals surface area contributed by atoms with Gasteiger partial charge in [0.15, 0.2) is 12.2 Å². The Morgan fingerprint density at radius 2 is 0.517 bits per heavy atom. The van der Waals surface area contributed by atoms with Crippen LogP contribution in [0, 0.1) is 5.92 Å². The van der Waals surface area contributed by atoms with Gasteiger partial charge in [0.25, 0.3) is 0 Å². The van der Waals surface area contributed by atoms with Crippen molar-refractivity contribution in [2.45, 2.75) is 380 Å². The lowest BCUT2D eigenvalue weighted by Gasteiger charge is -2.21. The zero-order valence-corrected chi connectivity index (χ0v) is 59.4. The van der Waals surface area contributed by atoms with Crippen LogP contribution in [-0.4, -0.2) is 96.7 Å². The van der Waals surface area contributed by atoms with E-state index in [1.165, 1.54) is 173 Å². The van der Waals surface area contributed by atoms with E-state index in [2.05, 4.69) is 34.6 Å². The van der Waals surface area contributed by atoms with Crippen LogP contribution < -0.4 is 0 Å². The average molecular weight is 1310 g/mol. The molecule has 0 fully saturated rings. The Kier molecular flexibility index (Phi) is 62.1. The maximum Gasteiger partial charge on any atom is 0.472 e. The van der Waals surface area contributed by atoms with E-state index in [4.69, 9.17) is 37.0 Å². The number of hydrogen-bond donors (Lipinski definition) is 3. The Morgan fingerprint density at radius 1 is 0.303 bits per heavy atom. The summed E-state index contributed by atoms with van der Waals surface area (Å²) in [5.74, 6) is -1.35. The monoisotopic (exact) mass is 1310 g/mol. The number of aliphatic hydroxyl groups excluding tert-OH is 1. The molecule has 0 aromatic carbocycles. The molecule has 0 aliphatic heterocycles. The van der Waals surface area contributed by atoms with Crippen LogP contribution in [0.25, 0.3) is 0 Å². The first-order valence-electron chi connectivity index (χ1n) is 36.6. The minimum Gasteiger partial charge on any atom is -0.462 e. The molecule has 89 heavy (non-hydrogen) atoms. The number of hydrogen-bond acceptors (Lipinski definition) is 15. The molecule has 0 bridgehead atoms. The van der Waals surface area contributed by atoms with Crippen LogP contribution in [0.2, 0.25) is 0 Å². The number of rotatable bonds is 70. The van der Waals surface area contributed by atoms with E-state index in [0.29, 0.717) is 25.7 Å². The maximum absolute atomic E-state index is 13.0. The third-order valence-electron chi connectivity index (χ3n) is 16.3. The molecule has 0 aliphatic carbocycles. The highest BCUT2D eigenvalue weighted by Gasteiger charge is 2.30. The number of esters is 4. The number of carbonyl (C=O) groups excluding carboxylic acids is 4. The SMILES string of the molecule is CCCCCCCCCCCCCCCCCCCC(=O)O[C@H](COC(=O)CCCCCCCCCCCCCC(C)C)COP(=O)(O)OC[C@@H](O)COP(=O)(O)OC[C@@H](COC(=O)CCCCCCCCC)OC(=O)CCCCCCCCCCCCC. The molecule has 0 aromatic heterocycles. The molecule has 0 amide bonds. The van der Waals surface area contributed by atoms with Crippen LogP contribution >= 0.6 is 15.6 Å². The molecule has 0 rings (SSSR count). The summed E-state index contributed by atoms with van der Waals surface area (Å²) in [5, 5.41) is 10.6. The summed E-state index contributed by atoms with van der Waals surface area (Å²) in [4.78, 5) is 72.4. The fraction of sp³-hybridized carbons (Fsp3) is 0.943. The molecule has 0 heterocycles. The Bertz CT molecular complexity index is 1720. The summed E-state index contributed by atoms with van der Waals surface area (Å²) < 4.78 is 68.2. The second kappa shape index (κ2) is 63.5. The lowest BCUT2D eigenvalue weighted by molar-refractivity contribution is -0.161. The molecule has 3 N–H and O–H groups in total. The minimum absolute atomic E-state index is 0.107. The third kappa shape index (κ3) is 64.6. The molecule has 0 saturated heterocycles. The summed E-state index contributed by atoms with van der Waals surface area (Å²) in [5.41, 5.74) is 0. The molecule has 0 aromatic rings. The molecular formula is C70H136O17P2. The largest absolute Gasteiger partial charge is 0.472 e. The van der Waals surface area contributed by atoms with Crippen molar-refractivity contribution < 1.29 is 80.2 Å². The van der Waals surface area contributed by atoms with E-state index in [1.807, 2.05) is 0 Å². The number of unbranched alkanes of at least 4 members (excludes halogenated alkanes) is 42. The van der Waals surface area contributed by atoms with Crippen molar-refractivity contribution in [3.8, 4) is 0 Å². The van der Waals surface area contributed by atoms with Crippen LogP contribution in [0.5, 0.6) is 0 Å². The van der Waals surface area contributed by atoms with E-state index in [0.717, 1.165) is 109 Å². The van der Waals surface area contributed by atoms with Crippen molar-refractivity contribution in [3.63, 3.8) is 0 Å². The molecule has 528 valence electrons. The second-order valence-electron chi connectivity index (χ2n) is 25.7. The van der Waals surface area contributed by atoms with E-state index in [9.17, 15) is 43.2 Å². The number of carbonyl (C=O) groups is 4. The Labute approximate surface area is 543 Å². The topological polar surface area (TPSA) is 237 Å². The predicted molar refractivity (Wildman–Crippen MR) is 358 cm³/mol. The maximum atomic E-state index is 13.0. The van der Waals surface area contributed by atoms with E-state index < -0.39 is 97.5 Å². The number of phosphoric acid groups is 2. The lowest BCUT2D eigenvalue weighted by Crippen LogP contribution is -2.30. The van der Waals surface area contributed by atoms with Crippen molar-refractivity contribution in [3.05, 3.63) is 0 Å². The van der Waals surface area contributed by atoms with Crippen LogP contribution in [0.4, 0.5) is 0 Å². The smallest absolute Gasteiger partial charge is 0.462 e. The van der Waals surface area contributed by atoms with Gasteiger partial charge in [-0.15, -0.1) is 0 Å². The van der Waals surface area contributed by atoms with Gasteiger partial charge in [0, 0.05) is 25.7 Å². The van der Waals surface area contributed by atoms with Gasteiger partial charge >= 0.3 is 39.5 Å². The fourth-order valence-electron chi connectivity index (χ4n) is 10.6. The van der Waals surface area contributed by atoms with E-state index in [-0.39, 0.29) is 25.7 Å². The molecule has 0 radical (unpaired) electrons. The average Bonchev–Trinajstić information content (AvgIpc) is 3.59. The van der Waals surface area contributed by atoms with Gasteiger partial charge in [0.1, 0.15) is 19.3 Å². The van der Waals surface area contributed by atoms with Gasteiger partial charge < -0.3 is 33.8 Å². The molecule has 5 atom stereocenters. The summed E-state index contributed by atoms with van der Waals surface area (Å²) in [6.07, 6.45) is 50.0. The van der Waals surface area contributed by atoms with Gasteiger partial charge in [-0.3, -0.25) is 37.3 Å². The normalized spacial score (nSPS) is 14.1. The molecule has 0 saturated carbocycles. The van der Waals surface area contributed by atoms with Gasteiger partial charge in [-0.1, -0.05) is 311 Å². The summed E-state index contributed by atoms with van der Waals surface area (Å²) in [7, 11) is -9.89. The van der Waals surface area contributed by atoms with Crippen LogP contribution in [-0.2, 0) is 65.4 Å². The van der Waals surface area contributed by atoms with Crippen molar-refractivity contribution >= 4 is 39.5 Å². The zero-order chi connectivity index (χ0) is 65.6. The van der Waals surface area contributed by atoms with Gasteiger partial charge in [-0.25, -0.2) is 9.13 Å². The van der Waals surface area contributed by atoms with Crippen molar-refractivity contribution in [1.29, 1.82) is 0 Å². The molecule has 19 heteroatoms. The summed E-state index contributed by atoms with van der Waals surface area (Å²) in [6.45, 7) is 7.21. The quantitative estimate of drug-likeness (QED) is 0.0222. The van der Waals surface area contributed by atoms with Crippen LogP contribution in [0.15, 0.2) is 0 Å². The van der Waals surface area contributed by atoms with Crippen molar-refractivity contribution in [2.24, 2.45) is 5.92 Å². The summed E-state index contributed by atoms with van der Waals surface area (Å²) in [6, 6.07) is 0. The Balaban J connectivity index is 5.20. The first-order valence-corrected chi connectivity index (χ1v) is 39.6. The van der Waals surface area contributed by atoms with Gasteiger partial charge in [0.05, 0.1) is 26.4 Å². The molecule has 0 aliphatic rings. The van der Waals surface area contributed by atoms with E-state index >= 15 is 0 Å². The molecular weight excluding hydrogens is 1170 g/mol. The third-order valence-corrected chi connectivity index (χ3v) is 18.2. The van der Waals surface area contributed by atoms with Crippen LogP contribution in [0.1, 0.15) is 362 Å². The minimum atomic E-state index is -4.95. The van der Waals surface area contributed by atoms with Crippen LogP contribution in [0.3, 0.4) is 0 Å². The zero-order valence-electron chi connectivity index (χ0n) is 57.6. The standard InChI is InChI=1S/C70H136O17P2/c1-6-9-12-15-18-20-22-23-24-25-26-27-31-36-41-46-51-56-70(75)87-66(60-81-68(73)54-49-44-39-34-32-28-30-33-38-42-47-52-63(4)5)62-85-89(78,79)83-58-64(71)57-82-88(76,77)84-61-65(59-80-67(72)53-48-43-37-17-14-11-8-3)86-69(74)55-50-45-40-35-29-21-19-16-13-10-7-2/h63-66,71H,6-62H2,1-5H3,(H,76,77)(H,78,79)/t64-,65+,66+/m0/s1. The molecule has 2 unspecified atom stereocenters. The second-order valence-corrected chi connectivity index (χ2v) is 28.7. The van der Waals surface area contributed by atoms with Gasteiger partial charge in [-0.05, 0) is 31.6 Å². The molecule has 17 nitrogen and oxygen atoms in total. The predicted octanol–water partition coefficient (Wildman–Crippen LogP) is 20.1. The molecule has 0 spiro atoms. The number of aliphatic hydroxyl groups is 1. The first-order chi connectivity index (χ1) is 43.0. The van der Waals surface area contributed by atoms with E-state index in [1.54, 1.807) is 0 Å². The van der Waals surface area contributed by atoms with Crippen molar-refractivity contribution in [2.75, 3.05) is 39.6 Å². The first kappa shape index (κ1) is 87.1. The summed E-state index contributed by atoms with van der Waals surface area (Å²) >= 11 is 0. The Hall–Kier alpha value is -1.94. The Morgan fingerprint density at radius 3 is 0.764 bits per heavy atom. The van der Waals surface area contributed by atoms with Gasteiger partial charge in [-0.2, -0.15) is 0 Å². The lowest BCUT2D eigenvalue weighted by atomic mass is 10.0.